The maximum atomic E-state index is 13.2. The average Bonchev–Trinajstić information content (AvgIpc) is 3.08. The summed E-state index contributed by atoms with van der Waals surface area (Å²) in [5, 5.41) is 4.36. The average molecular weight is 356 g/mol. The van der Waals surface area contributed by atoms with Crippen LogP contribution in [-0.2, 0) is 4.74 Å². The maximum absolute atomic E-state index is 13.2. The van der Waals surface area contributed by atoms with E-state index in [1.54, 1.807) is 41.6 Å². The standard InChI is InChI=1S/C19H17FN2O2S/c1-3-24-19(23)17-12-18(13-4-10-16(25-2)11-5-13)22(21-17)15-8-6-14(20)7-9-15/h4-12H,3H2,1-2H3. The highest BCUT2D eigenvalue weighted by Crippen LogP contribution is 2.26. The summed E-state index contributed by atoms with van der Waals surface area (Å²) in [6, 6.07) is 15.6. The van der Waals surface area contributed by atoms with Crippen LogP contribution < -0.4 is 0 Å². The molecule has 25 heavy (non-hydrogen) atoms. The Kier molecular flexibility index (Phi) is 5.19. The molecule has 2 aromatic carbocycles. The van der Waals surface area contributed by atoms with E-state index in [0.29, 0.717) is 5.69 Å². The predicted octanol–water partition coefficient (Wildman–Crippen LogP) is 4.58. The predicted molar refractivity (Wildman–Crippen MR) is 96.7 cm³/mol. The second kappa shape index (κ2) is 7.53. The molecule has 3 rings (SSSR count). The molecule has 3 aromatic rings. The van der Waals surface area contributed by atoms with Gasteiger partial charge in [-0.1, -0.05) is 12.1 Å². The zero-order valence-corrected chi connectivity index (χ0v) is 14.7. The van der Waals surface area contributed by atoms with Crippen molar-refractivity contribution in [3.05, 3.63) is 66.1 Å². The van der Waals surface area contributed by atoms with E-state index in [9.17, 15) is 9.18 Å². The van der Waals surface area contributed by atoms with Crippen molar-refractivity contribution in [1.29, 1.82) is 0 Å². The van der Waals surface area contributed by atoms with Crippen molar-refractivity contribution in [2.75, 3.05) is 12.9 Å². The van der Waals surface area contributed by atoms with Crippen molar-refractivity contribution >= 4 is 17.7 Å². The second-order valence-electron chi connectivity index (χ2n) is 5.25. The summed E-state index contributed by atoms with van der Waals surface area (Å²) >= 11 is 1.65. The highest BCUT2D eigenvalue weighted by atomic mass is 32.2. The fourth-order valence-corrected chi connectivity index (χ4v) is 2.84. The van der Waals surface area contributed by atoms with Gasteiger partial charge in [0.25, 0.3) is 0 Å². The number of rotatable bonds is 5. The third-order valence-corrected chi connectivity index (χ3v) is 4.39. The van der Waals surface area contributed by atoms with Gasteiger partial charge in [-0.3, -0.25) is 0 Å². The number of benzene rings is 2. The molecule has 0 saturated heterocycles. The molecule has 0 unspecified atom stereocenters. The lowest BCUT2D eigenvalue weighted by molar-refractivity contribution is 0.0519. The second-order valence-corrected chi connectivity index (χ2v) is 6.13. The summed E-state index contributed by atoms with van der Waals surface area (Å²) in [6.45, 7) is 2.02. The van der Waals surface area contributed by atoms with Gasteiger partial charge in [0.2, 0.25) is 0 Å². The van der Waals surface area contributed by atoms with Crippen LogP contribution in [0.15, 0.2) is 59.5 Å². The number of halogens is 1. The van der Waals surface area contributed by atoms with Crippen LogP contribution in [0.5, 0.6) is 0 Å². The van der Waals surface area contributed by atoms with Gasteiger partial charge in [-0.05, 0) is 55.6 Å². The Labute approximate surface area is 149 Å². The molecule has 0 bridgehead atoms. The van der Waals surface area contributed by atoms with Gasteiger partial charge in [-0.25, -0.2) is 13.9 Å². The lowest BCUT2D eigenvalue weighted by Gasteiger charge is -2.08. The fourth-order valence-electron chi connectivity index (χ4n) is 2.43. The Morgan fingerprint density at radius 3 is 2.44 bits per heavy atom. The van der Waals surface area contributed by atoms with Gasteiger partial charge in [0.1, 0.15) is 5.82 Å². The van der Waals surface area contributed by atoms with Crippen LogP contribution in [0.3, 0.4) is 0 Å². The first-order chi connectivity index (χ1) is 12.1. The van der Waals surface area contributed by atoms with Crippen molar-refractivity contribution in [2.24, 2.45) is 0 Å². The Hall–Kier alpha value is -2.60. The first-order valence-electron chi connectivity index (χ1n) is 7.80. The van der Waals surface area contributed by atoms with Gasteiger partial charge < -0.3 is 4.74 Å². The van der Waals surface area contributed by atoms with Crippen LogP contribution >= 0.6 is 11.8 Å². The smallest absolute Gasteiger partial charge is 0.358 e. The lowest BCUT2D eigenvalue weighted by atomic mass is 10.1. The van der Waals surface area contributed by atoms with Crippen molar-refractivity contribution < 1.29 is 13.9 Å². The number of thioether (sulfide) groups is 1. The summed E-state index contributed by atoms with van der Waals surface area (Å²) in [5.74, 6) is -0.808. The van der Waals surface area contributed by atoms with Gasteiger partial charge in [0.15, 0.2) is 5.69 Å². The topological polar surface area (TPSA) is 44.1 Å². The van der Waals surface area contributed by atoms with E-state index in [4.69, 9.17) is 4.74 Å². The van der Waals surface area contributed by atoms with E-state index in [1.165, 1.54) is 12.1 Å². The third-order valence-electron chi connectivity index (χ3n) is 3.65. The molecule has 128 valence electrons. The van der Waals surface area contributed by atoms with E-state index >= 15 is 0 Å². The molecular weight excluding hydrogens is 339 g/mol. The number of hydrogen-bond donors (Lipinski definition) is 0. The number of esters is 1. The van der Waals surface area contributed by atoms with E-state index in [1.807, 2.05) is 30.5 Å². The molecule has 0 spiro atoms. The molecule has 0 atom stereocenters. The molecule has 1 aromatic heterocycles. The first kappa shape index (κ1) is 17.2. The van der Waals surface area contributed by atoms with Gasteiger partial charge in [-0.2, -0.15) is 5.10 Å². The molecule has 1 heterocycles. The van der Waals surface area contributed by atoms with E-state index in [-0.39, 0.29) is 18.1 Å². The number of hydrogen-bond acceptors (Lipinski definition) is 4. The zero-order valence-electron chi connectivity index (χ0n) is 13.9. The van der Waals surface area contributed by atoms with Crippen molar-refractivity contribution in [3.8, 4) is 16.9 Å². The number of ether oxygens (including phenoxy) is 1. The first-order valence-corrected chi connectivity index (χ1v) is 9.02. The van der Waals surface area contributed by atoms with E-state index in [2.05, 4.69) is 5.10 Å². The third kappa shape index (κ3) is 3.74. The normalized spacial score (nSPS) is 10.7. The highest BCUT2D eigenvalue weighted by Gasteiger charge is 2.17. The largest absolute Gasteiger partial charge is 0.461 e. The summed E-state index contributed by atoms with van der Waals surface area (Å²) in [6.07, 6.45) is 2.01. The van der Waals surface area contributed by atoms with Crippen molar-refractivity contribution in [2.45, 2.75) is 11.8 Å². The van der Waals surface area contributed by atoms with Crippen LogP contribution in [-0.4, -0.2) is 28.6 Å². The molecule has 0 N–H and O–H groups in total. The Morgan fingerprint density at radius 2 is 1.84 bits per heavy atom. The summed E-state index contributed by atoms with van der Waals surface area (Å²) in [7, 11) is 0. The van der Waals surface area contributed by atoms with Crippen molar-refractivity contribution in [1.82, 2.24) is 9.78 Å². The molecule has 0 saturated carbocycles. The Morgan fingerprint density at radius 1 is 1.16 bits per heavy atom. The van der Waals surface area contributed by atoms with E-state index in [0.717, 1.165) is 16.2 Å². The van der Waals surface area contributed by atoms with E-state index < -0.39 is 5.97 Å². The molecular formula is C19H17FN2O2S. The van der Waals surface area contributed by atoms with Crippen LogP contribution in [0.1, 0.15) is 17.4 Å². The highest BCUT2D eigenvalue weighted by molar-refractivity contribution is 7.98. The fraction of sp³-hybridized carbons (Fsp3) is 0.158. The SMILES string of the molecule is CCOC(=O)c1cc(-c2ccc(SC)cc2)n(-c2ccc(F)cc2)n1. The minimum Gasteiger partial charge on any atom is -0.461 e. The summed E-state index contributed by atoms with van der Waals surface area (Å²) in [5.41, 5.74) is 2.53. The summed E-state index contributed by atoms with van der Waals surface area (Å²) in [4.78, 5) is 13.2. The maximum Gasteiger partial charge on any atom is 0.358 e. The zero-order chi connectivity index (χ0) is 17.8. The van der Waals surface area contributed by atoms with Crippen LogP contribution in [0.4, 0.5) is 4.39 Å². The minimum absolute atomic E-state index is 0.218. The number of carbonyl (C=O) groups excluding carboxylic acids is 1. The number of carbonyl (C=O) groups is 1. The lowest BCUT2D eigenvalue weighted by Crippen LogP contribution is -2.06. The van der Waals surface area contributed by atoms with Gasteiger partial charge in [0.05, 0.1) is 18.0 Å². The molecule has 0 aliphatic rings. The molecule has 0 radical (unpaired) electrons. The molecule has 6 heteroatoms. The van der Waals surface area contributed by atoms with Gasteiger partial charge >= 0.3 is 5.97 Å². The van der Waals surface area contributed by atoms with Crippen LogP contribution in [0.25, 0.3) is 16.9 Å². The van der Waals surface area contributed by atoms with Crippen molar-refractivity contribution in [3.63, 3.8) is 0 Å². The Balaban J connectivity index is 2.10. The summed E-state index contributed by atoms with van der Waals surface area (Å²) < 4.78 is 19.9. The molecule has 0 aliphatic heterocycles. The van der Waals surface area contributed by atoms with Gasteiger partial charge in [-0.15, -0.1) is 11.8 Å². The number of nitrogens with zero attached hydrogens (tertiary/aromatic N) is 2. The quantitative estimate of drug-likeness (QED) is 0.496. The van der Waals surface area contributed by atoms with Crippen LogP contribution in [0.2, 0.25) is 0 Å². The number of aromatic nitrogens is 2. The molecule has 0 aliphatic carbocycles. The molecule has 0 amide bonds. The minimum atomic E-state index is -0.481. The molecule has 4 nitrogen and oxygen atoms in total. The monoisotopic (exact) mass is 356 g/mol. The van der Waals surface area contributed by atoms with Gasteiger partial charge in [0, 0.05) is 10.5 Å². The van der Waals surface area contributed by atoms with Crippen LogP contribution in [0, 0.1) is 5.82 Å². The Bertz CT molecular complexity index is 873. The molecule has 0 fully saturated rings.